The number of esters is 1. The molecule has 5 rings (SSSR count). The molecule has 5 aliphatic rings. The Morgan fingerprint density at radius 1 is 0.767 bits per heavy atom. The van der Waals surface area contributed by atoms with Crippen molar-refractivity contribution in [3.05, 3.63) is 23.8 Å². The molecule has 7 nitrogen and oxygen atoms in total. The van der Waals surface area contributed by atoms with Gasteiger partial charge in [-0.25, -0.2) is 0 Å². The summed E-state index contributed by atoms with van der Waals surface area (Å²) in [5.74, 6) is 4.56. The van der Waals surface area contributed by atoms with Gasteiger partial charge in [0.1, 0.15) is 31.0 Å². The second kappa shape index (κ2) is 24.2. The largest absolute Gasteiger partial charge is 0.463 e. The average molecular weight is 841 g/mol. The first kappa shape index (κ1) is 49.8. The molecule has 0 spiro atoms. The summed E-state index contributed by atoms with van der Waals surface area (Å²) in [5, 5.41) is 32.5. The molecule has 4 aliphatic carbocycles. The number of hydrogen-bond acceptors (Lipinski definition) is 7. The van der Waals surface area contributed by atoms with Crippen LogP contribution >= 0.6 is 0 Å². The zero-order chi connectivity index (χ0) is 43.3. The molecule has 14 atom stereocenters. The standard InChI is InChI=1S/C53H92O7/c1-8-9-10-11-12-13-14-15-16-17-18-19-20-21-22-23-24-47(54)58-36-46-48(55)49(56)50(57)51(60-46)59-41-31-33-52(6)40(35-41)27-28-42-44-30-29-43(53(44,7)34-32-45(42)52)39(5)26-25-38(4)37(2)3/h25-27,37-39,41-46,48-51,55-57H,8-24,28-36H2,1-7H3/b26-25+. The fourth-order valence-electron chi connectivity index (χ4n) is 12.8. The summed E-state index contributed by atoms with van der Waals surface area (Å²) in [6, 6.07) is 0. The van der Waals surface area contributed by atoms with Crippen molar-refractivity contribution in [2.75, 3.05) is 6.61 Å². The number of unbranched alkanes of at least 4 members (excludes halogenated alkanes) is 15. The highest BCUT2D eigenvalue weighted by molar-refractivity contribution is 5.69. The molecule has 0 aromatic rings. The molecule has 60 heavy (non-hydrogen) atoms. The SMILES string of the molecule is CCCCCCCCCCCCCCCCCCC(=O)OCC1OC(OC2CCC3(C)C(=CCC4C3CCC3(C)C(C(C)/C=C/C(C)C(C)C)CCC43)C2)C(O)C(O)C1O. The van der Waals surface area contributed by atoms with Gasteiger partial charge in [-0.1, -0.05) is 169 Å². The van der Waals surface area contributed by atoms with Crippen LogP contribution in [0.25, 0.3) is 0 Å². The van der Waals surface area contributed by atoms with E-state index in [0.717, 1.165) is 62.7 Å². The maximum absolute atomic E-state index is 12.6. The molecule has 3 saturated carbocycles. The van der Waals surface area contributed by atoms with Crippen molar-refractivity contribution in [3.63, 3.8) is 0 Å². The molecule has 0 bridgehead atoms. The number of aliphatic hydroxyl groups is 3. The average Bonchev–Trinajstić information content (AvgIpc) is 3.59. The molecular formula is C53H92O7. The lowest BCUT2D eigenvalue weighted by Gasteiger charge is -2.58. The van der Waals surface area contributed by atoms with E-state index >= 15 is 0 Å². The molecule has 14 unspecified atom stereocenters. The lowest BCUT2D eigenvalue weighted by Crippen LogP contribution is -2.60. The fourth-order valence-corrected chi connectivity index (χ4v) is 12.8. The first-order chi connectivity index (χ1) is 28.8. The first-order valence-electron chi connectivity index (χ1n) is 25.7. The van der Waals surface area contributed by atoms with Crippen molar-refractivity contribution in [3.8, 4) is 0 Å². The Morgan fingerprint density at radius 2 is 1.38 bits per heavy atom. The Balaban J connectivity index is 1.00. The molecule has 0 amide bonds. The Bertz CT molecular complexity index is 1330. The number of ether oxygens (including phenoxy) is 3. The van der Waals surface area contributed by atoms with Crippen molar-refractivity contribution in [1.82, 2.24) is 0 Å². The predicted octanol–water partition coefficient (Wildman–Crippen LogP) is 12.4. The van der Waals surface area contributed by atoms with E-state index in [9.17, 15) is 20.1 Å². The van der Waals surface area contributed by atoms with Crippen LogP contribution in [0.2, 0.25) is 0 Å². The quantitative estimate of drug-likeness (QED) is 0.0477. The molecular weight excluding hydrogens is 749 g/mol. The third-order valence-electron chi connectivity index (χ3n) is 17.2. The molecule has 7 heteroatoms. The van der Waals surface area contributed by atoms with Gasteiger partial charge in [0.05, 0.1) is 6.10 Å². The summed E-state index contributed by atoms with van der Waals surface area (Å²) in [6.07, 6.45) is 31.2. The van der Waals surface area contributed by atoms with Crippen LogP contribution in [0, 0.1) is 52.3 Å². The number of carbonyl (C=O) groups excluding carboxylic acids is 1. The van der Waals surface area contributed by atoms with Crippen LogP contribution in [-0.2, 0) is 19.0 Å². The van der Waals surface area contributed by atoms with Crippen molar-refractivity contribution in [2.45, 2.75) is 246 Å². The van der Waals surface area contributed by atoms with Crippen LogP contribution < -0.4 is 0 Å². The van der Waals surface area contributed by atoms with E-state index < -0.39 is 30.7 Å². The molecule has 4 fully saturated rings. The minimum absolute atomic E-state index is 0.147. The van der Waals surface area contributed by atoms with E-state index in [1.54, 1.807) is 0 Å². The van der Waals surface area contributed by atoms with Gasteiger partial charge in [0, 0.05) is 6.42 Å². The number of fused-ring (bicyclic) bond motifs is 5. The minimum atomic E-state index is -1.44. The summed E-state index contributed by atoms with van der Waals surface area (Å²) in [6.45, 7) is 16.7. The van der Waals surface area contributed by atoms with Crippen LogP contribution in [0.1, 0.15) is 209 Å². The van der Waals surface area contributed by atoms with Crippen molar-refractivity contribution < 1.29 is 34.3 Å². The van der Waals surface area contributed by atoms with Gasteiger partial charge < -0.3 is 29.5 Å². The minimum Gasteiger partial charge on any atom is -0.463 e. The van der Waals surface area contributed by atoms with Gasteiger partial charge in [-0.05, 0) is 110 Å². The van der Waals surface area contributed by atoms with Gasteiger partial charge >= 0.3 is 5.97 Å². The molecule has 0 radical (unpaired) electrons. The first-order valence-corrected chi connectivity index (χ1v) is 25.7. The van der Waals surface area contributed by atoms with Gasteiger partial charge in [0.2, 0.25) is 0 Å². The van der Waals surface area contributed by atoms with Crippen LogP contribution in [0.3, 0.4) is 0 Å². The second-order valence-corrected chi connectivity index (χ2v) is 21.6. The highest BCUT2D eigenvalue weighted by atomic mass is 16.7. The monoisotopic (exact) mass is 841 g/mol. The van der Waals surface area contributed by atoms with E-state index in [-0.39, 0.29) is 24.1 Å². The summed E-state index contributed by atoms with van der Waals surface area (Å²) in [5.41, 5.74) is 2.05. The van der Waals surface area contributed by atoms with Crippen LogP contribution in [-0.4, -0.2) is 64.7 Å². The van der Waals surface area contributed by atoms with E-state index in [1.165, 1.54) is 115 Å². The maximum atomic E-state index is 12.6. The number of carbonyl (C=O) groups is 1. The summed E-state index contributed by atoms with van der Waals surface area (Å²) >= 11 is 0. The number of hydrogen-bond donors (Lipinski definition) is 3. The summed E-state index contributed by atoms with van der Waals surface area (Å²) < 4.78 is 18.0. The molecule has 346 valence electrons. The van der Waals surface area contributed by atoms with E-state index in [2.05, 4.69) is 66.7 Å². The number of allylic oxidation sites excluding steroid dienone is 3. The zero-order valence-corrected chi connectivity index (χ0v) is 39.6. The highest BCUT2D eigenvalue weighted by Crippen LogP contribution is 2.67. The van der Waals surface area contributed by atoms with E-state index in [0.29, 0.717) is 35.5 Å². The maximum Gasteiger partial charge on any atom is 0.305 e. The topological polar surface area (TPSA) is 105 Å². The van der Waals surface area contributed by atoms with Crippen molar-refractivity contribution in [2.24, 2.45) is 52.3 Å². The predicted molar refractivity (Wildman–Crippen MR) is 244 cm³/mol. The molecule has 1 aliphatic heterocycles. The summed E-state index contributed by atoms with van der Waals surface area (Å²) in [7, 11) is 0. The molecule has 1 saturated heterocycles. The smallest absolute Gasteiger partial charge is 0.305 e. The third-order valence-corrected chi connectivity index (χ3v) is 17.2. The van der Waals surface area contributed by atoms with Crippen molar-refractivity contribution in [1.29, 1.82) is 0 Å². The van der Waals surface area contributed by atoms with E-state index in [4.69, 9.17) is 14.2 Å². The molecule has 1 heterocycles. The van der Waals surface area contributed by atoms with E-state index in [1.807, 2.05) is 0 Å². The van der Waals surface area contributed by atoms with Crippen molar-refractivity contribution >= 4 is 5.97 Å². The normalized spacial score (nSPS) is 36.4. The lowest BCUT2D eigenvalue weighted by molar-refractivity contribution is -0.313. The van der Waals surface area contributed by atoms with Gasteiger partial charge in [-0.3, -0.25) is 4.79 Å². The van der Waals surface area contributed by atoms with Crippen LogP contribution in [0.5, 0.6) is 0 Å². The third kappa shape index (κ3) is 12.9. The summed E-state index contributed by atoms with van der Waals surface area (Å²) in [4.78, 5) is 12.6. The molecule has 0 aromatic carbocycles. The zero-order valence-electron chi connectivity index (χ0n) is 39.6. The van der Waals surface area contributed by atoms with Gasteiger partial charge in [-0.15, -0.1) is 0 Å². The Hall–Kier alpha value is -1.25. The highest BCUT2D eigenvalue weighted by Gasteiger charge is 2.59. The Morgan fingerprint density at radius 3 is 2.00 bits per heavy atom. The Kier molecular flexibility index (Phi) is 20.0. The number of rotatable bonds is 25. The Labute approximate surface area is 367 Å². The molecule has 3 N–H and O–H groups in total. The fraction of sp³-hybridized carbons (Fsp3) is 0.906. The van der Waals surface area contributed by atoms with Gasteiger partial charge in [0.15, 0.2) is 6.29 Å². The van der Waals surface area contributed by atoms with Crippen LogP contribution in [0.4, 0.5) is 0 Å². The second-order valence-electron chi connectivity index (χ2n) is 21.6. The van der Waals surface area contributed by atoms with Gasteiger partial charge in [-0.2, -0.15) is 0 Å². The lowest BCUT2D eigenvalue weighted by atomic mass is 9.47. The number of aliphatic hydroxyl groups excluding tert-OH is 3. The van der Waals surface area contributed by atoms with Crippen LogP contribution in [0.15, 0.2) is 23.8 Å². The molecule has 0 aromatic heterocycles. The van der Waals surface area contributed by atoms with Gasteiger partial charge in [0.25, 0.3) is 0 Å².